The van der Waals surface area contributed by atoms with Gasteiger partial charge in [0.25, 0.3) is 5.91 Å². The monoisotopic (exact) mass is 774 g/mol. The van der Waals surface area contributed by atoms with Gasteiger partial charge >= 0.3 is 41.8 Å². The number of hydrogen-bond donors (Lipinski definition) is 1. The van der Waals surface area contributed by atoms with Crippen LogP contribution in [0, 0.1) is 0 Å². The van der Waals surface area contributed by atoms with Crippen LogP contribution in [0.4, 0.5) is 0 Å². The van der Waals surface area contributed by atoms with Crippen LogP contribution in [0.15, 0.2) is 18.3 Å². The summed E-state index contributed by atoms with van der Waals surface area (Å²) < 4.78 is 56.0. The third-order valence-electron chi connectivity index (χ3n) is 7.21. The molecule has 0 spiro atoms. The summed E-state index contributed by atoms with van der Waals surface area (Å²) in [5.74, 6) is -7.08. The van der Waals surface area contributed by atoms with Crippen molar-refractivity contribution in [2.24, 2.45) is 0 Å². The second-order valence-corrected chi connectivity index (χ2v) is 11.9. The molecule has 0 aromatic carbocycles. The number of nitrogens with zero attached hydrogens (tertiary/aromatic N) is 1. The van der Waals surface area contributed by atoms with E-state index in [1.807, 2.05) is 0 Å². The Morgan fingerprint density at radius 3 is 1.57 bits per heavy atom. The lowest BCUT2D eigenvalue weighted by molar-refractivity contribution is -0.345. The van der Waals surface area contributed by atoms with Gasteiger partial charge in [-0.25, -0.2) is 4.98 Å². The first-order valence-corrected chi connectivity index (χ1v) is 16.3. The number of ether oxygens (including phenoxy) is 10. The summed E-state index contributed by atoms with van der Waals surface area (Å²) in [6, 6.07) is 2.76. The molecule has 20 nitrogen and oxygen atoms in total. The summed E-state index contributed by atoms with van der Waals surface area (Å²) in [6.07, 6.45) is -15.2. The van der Waals surface area contributed by atoms with Crippen molar-refractivity contribution in [3.63, 3.8) is 0 Å². The van der Waals surface area contributed by atoms with Gasteiger partial charge in [0.2, 0.25) is 0 Å². The molecule has 1 aromatic rings. The van der Waals surface area contributed by atoms with E-state index in [4.69, 9.17) is 59.0 Å². The van der Waals surface area contributed by atoms with E-state index in [0.29, 0.717) is 0 Å². The van der Waals surface area contributed by atoms with E-state index in [1.165, 1.54) is 18.3 Å². The first-order valence-electron chi connectivity index (χ1n) is 15.9. The molecule has 1 N–H and O–H groups in total. The minimum Gasteiger partial charge on any atom is -0.463 e. The quantitative estimate of drug-likeness (QED) is 0.158. The number of hydrogen-bond acceptors (Lipinski definition) is 19. The van der Waals surface area contributed by atoms with Crippen molar-refractivity contribution >= 4 is 59.3 Å². The Balaban J connectivity index is 2.17. The highest BCUT2D eigenvalue weighted by Gasteiger charge is 2.57. The van der Waals surface area contributed by atoms with Gasteiger partial charge in [0.05, 0.1) is 5.56 Å². The molecule has 10 atom stereocenters. The molecule has 3 rings (SSSR count). The van der Waals surface area contributed by atoms with Crippen LogP contribution in [0.25, 0.3) is 0 Å². The fraction of sp³-hybridized carbons (Fsp3) is 0.594. The zero-order chi connectivity index (χ0) is 39.6. The van der Waals surface area contributed by atoms with Crippen molar-refractivity contribution in [2.45, 2.75) is 110 Å². The lowest BCUT2D eigenvalue weighted by Crippen LogP contribution is -2.68. The van der Waals surface area contributed by atoms with Crippen LogP contribution in [0.2, 0.25) is 5.15 Å². The lowest BCUT2D eigenvalue weighted by Gasteiger charge is -2.48. The molecule has 53 heavy (non-hydrogen) atoms. The van der Waals surface area contributed by atoms with Crippen molar-refractivity contribution in [3.8, 4) is 0 Å². The number of amides is 1. The molecule has 0 saturated carbocycles. The van der Waals surface area contributed by atoms with Gasteiger partial charge in [-0.3, -0.25) is 38.4 Å². The Morgan fingerprint density at radius 2 is 1.08 bits per heavy atom. The normalized spacial score (nSPS) is 27.9. The Kier molecular flexibility index (Phi) is 15.4. The second kappa shape index (κ2) is 19.2. The molecule has 2 saturated heterocycles. The summed E-state index contributed by atoms with van der Waals surface area (Å²) >= 11 is 6.10. The number of pyridine rings is 1. The van der Waals surface area contributed by atoms with Crippen LogP contribution in [0.5, 0.6) is 0 Å². The lowest BCUT2D eigenvalue weighted by atomic mass is 9.95. The predicted octanol–water partition coefficient (Wildman–Crippen LogP) is 0.0845. The molecular weight excluding hydrogens is 736 g/mol. The highest BCUT2D eigenvalue weighted by atomic mass is 35.5. The highest BCUT2D eigenvalue weighted by molar-refractivity contribution is 6.32. The van der Waals surface area contributed by atoms with Gasteiger partial charge in [0.1, 0.15) is 36.7 Å². The minimum absolute atomic E-state index is 0.115. The van der Waals surface area contributed by atoms with Crippen LogP contribution >= 0.6 is 11.6 Å². The number of esters is 7. The summed E-state index contributed by atoms with van der Waals surface area (Å²) in [6.45, 7) is 5.98. The van der Waals surface area contributed by atoms with Crippen LogP contribution in [0.1, 0.15) is 58.8 Å². The Bertz CT molecular complexity index is 1560. The molecule has 0 aliphatic carbocycles. The number of aromatic nitrogens is 1. The average molecular weight is 775 g/mol. The van der Waals surface area contributed by atoms with Crippen molar-refractivity contribution in [1.82, 2.24) is 10.3 Å². The smallest absolute Gasteiger partial charge is 0.303 e. The molecule has 0 radical (unpaired) electrons. The van der Waals surface area contributed by atoms with Crippen molar-refractivity contribution < 1.29 is 85.7 Å². The van der Waals surface area contributed by atoms with E-state index in [2.05, 4.69) is 10.3 Å². The summed E-state index contributed by atoms with van der Waals surface area (Å²) in [7, 11) is 0. The zero-order valence-corrected chi connectivity index (χ0v) is 30.3. The van der Waals surface area contributed by atoms with Crippen LogP contribution < -0.4 is 5.32 Å². The van der Waals surface area contributed by atoms with Gasteiger partial charge in [-0.2, -0.15) is 0 Å². The third kappa shape index (κ3) is 12.3. The third-order valence-corrected chi connectivity index (χ3v) is 7.51. The number of rotatable bonds is 13. The average Bonchev–Trinajstić information content (AvgIpc) is 3.03. The molecule has 1 aromatic heterocycles. The molecular formula is C32H39ClN2O18. The van der Waals surface area contributed by atoms with Crippen LogP contribution in [-0.4, -0.2) is 127 Å². The number of carbonyl (C=O) groups excluding carboxylic acids is 8. The summed E-state index contributed by atoms with van der Waals surface area (Å²) in [5, 5.41) is 2.30. The molecule has 2 aliphatic rings. The summed E-state index contributed by atoms with van der Waals surface area (Å²) in [5.41, 5.74) is -0.115. The van der Waals surface area contributed by atoms with Gasteiger partial charge in [-0.1, -0.05) is 11.6 Å². The van der Waals surface area contributed by atoms with E-state index >= 15 is 0 Å². The number of carbonyl (C=O) groups is 8. The standard InChI is InChI=1S/C32H39ClN2O18/c1-13(36)44-11-21-24(25(47-16(4)39)27(49-18(6)41)31(51-21)35-30(43)20-9-8-10-34-29(20)33)53-32-28(50-19(7)42)26(48-17(5)40)23(46-15(3)38)22(52-32)12-45-14(2)37/h8-10,21-28,31-32H,11-12H2,1-7H3,(H,35,43)/t21-,22-,23-,24-,25+,26+,27-,28-,31-,32+/m1/s1. The van der Waals surface area contributed by atoms with E-state index in [-0.39, 0.29) is 10.7 Å². The van der Waals surface area contributed by atoms with Crippen LogP contribution in [0.3, 0.4) is 0 Å². The molecule has 2 fully saturated rings. The maximum absolute atomic E-state index is 13.3. The van der Waals surface area contributed by atoms with Gasteiger partial charge < -0.3 is 52.7 Å². The van der Waals surface area contributed by atoms with E-state index < -0.39 is 122 Å². The fourth-order valence-corrected chi connectivity index (χ4v) is 5.60. The second-order valence-electron chi connectivity index (χ2n) is 11.5. The van der Waals surface area contributed by atoms with Gasteiger partial charge in [0, 0.05) is 54.7 Å². The molecule has 21 heteroatoms. The SMILES string of the molecule is CC(=O)OC[C@H]1O[C@@H](NC(=O)c2cccnc2Cl)[C@H](OC(C)=O)[C@@H](OC(C)=O)[C@@H]1O[C@@H]1O[C@H](COC(C)=O)[C@@H](OC(C)=O)[C@H](OC(C)=O)[C@H]1OC(C)=O. The minimum atomic E-state index is -1.86. The first-order chi connectivity index (χ1) is 24.9. The first kappa shape index (κ1) is 42.5. The topological polar surface area (TPSA) is 254 Å². The maximum Gasteiger partial charge on any atom is 0.303 e. The highest BCUT2D eigenvalue weighted by Crippen LogP contribution is 2.35. The zero-order valence-electron chi connectivity index (χ0n) is 29.6. The van der Waals surface area contributed by atoms with Gasteiger partial charge in [-0.05, 0) is 12.1 Å². The Labute approximate surface area is 307 Å². The fourth-order valence-electron chi connectivity index (χ4n) is 5.39. The molecule has 2 aliphatic heterocycles. The van der Waals surface area contributed by atoms with Crippen molar-refractivity contribution in [2.75, 3.05) is 13.2 Å². The predicted molar refractivity (Wildman–Crippen MR) is 170 cm³/mol. The Morgan fingerprint density at radius 1 is 0.623 bits per heavy atom. The number of nitrogens with one attached hydrogen (secondary N) is 1. The molecule has 0 bridgehead atoms. The molecule has 3 heterocycles. The number of halogens is 1. The van der Waals surface area contributed by atoms with Gasteiger partial charge in [-0.15, -0.1) is 0 Å². The van der Waals surface area contributed by atoms with E-state index in [0.717, 1.165) is 48.5 Å². The van der Waals surface area contributed by atoms with E-state index in [1.54, 1.807) is 0 Å². The molecule has 0 unspecified atom stereocenters. The Hall–Kier alpha value is -4.92. The van der Waals surface area contributed by atoms with Crippen molar-refractivity contribution in [1.29, 1.82) is 0 Å². The van der Waals surface area contributed by atoms with E-state index in [9.17, 15) is 38.4 Å². The molecule has 292 valence electrons. The largest absolute Gasteiger partial charge is 0.463 e. The van der Waals surface area contributed by atoms with Crippen LogP contribution in [-0.2, 0) is 80.9 Å². The maximum atomic E-state index is 13.3. The molecule has 1 amide bonds. The van der Waals surface area contributed by atoms with Crippen molar-refractivity contribution in [3.05, 3.63) is 29.0 Å². The summed E-state index contributed by atoms with van der Waals surface area (Å²) in [4.78, 5) is 103. The van der Waals surface area contributed by atoms with Gasteiger partial charge in [0.15, 0.2) is 43.0 Å².